The van der Waals surface area contributed by atoms with E-state index in [9.17, 15) is 4.79 Å². The third kappa shape index (κ3) is 3.76. The van der Waals surface area contributed by atoms with E-state index in [0.717, 1.165) is 44.3 Å². The Bertz CT molecular complexity index is 361. The Hall–Kier alpha value is -0.650. The summed E-state index contributed by atoms with van der Waals surface area (Å²) in [6.45, 7) is 6.95. The lowest BCUT2D eigenvalue weighted by atomic mass is 9.77. The standard InChI is InChI=1S/C16H32N4O/c1-12-11-14(5-8-18-12)13-6-9-20(10-7-13)15(21)16(2,17)19(3)4/h12-14,18H,5-11,17H2,1-4H3/t12?,14?,16-/m0/s1. The first kappa shape index (κ1) is 16.7. The fourth-order valence-corrected chi connectivity index (χ4v) is 3.68. The predicted octanol–water partition coefficient (Wildman–Crippen LogP) is 0.850. The van der Waals surface area contributed by atoms with Crippen LogP contribution in [0.5, 0.6) is 0 Å². The third-order valence-corrected chi connectivity index (χ3v) is 5.52. The van der Waals surface area contributed by atoms with E-state index in [-0.39, 0.29) is 5.91 Å². The van der Waals surface area contributed by atoms with Crippen LogP contribution in [0.2, 0.25) is 0 Å². The van der Waals surface area contributed by atoms with Crippen molar-refractivity contribution in [1.29, 1.82) is 0 Å². The number of hydrogen-bond acceptors (Lipinski definition) is 4. The van der Waals surface area contributed by atoms with Gasteiger partial charge in [0.05, 0.1) is 0 Å². The van der Waals surface area contributed by atoms with Gasteiger partial charge in [0, 0.05) is 19.1 Å². The monoisotopic (exact) mass is 296 g/mol. The van der Waals surface area contributed by atoms with Crippen molar-refractivity contribution >= 4 is 5.91 Å². The van der Waals surface area contributed by atoms with E-state index in [0.29, 0.717) is 6.04 Å². The molecule has 5 heteroatoms. The second-order valence-electron chi connectivity index (χ2n) is 7.31. The SMILES string of the molecule is CC1CC(C2CCN(C(=O)[C@@](C)(N)N(C)C)CC2)CCN1. The zero-order valence-corrected chi connectivity index (χ0v) is 14.1. The van der Waals surface area contributed by atoms with Crippen LogP contribution in [0.1, 0.15) is 39.5 Å². The molecule has 21 heavy (non-hydrogen) atoms. The smallest absolute Gasteiger partial charge is 0.257 e. The van der Waals surface area contributed by atoms with Gasteiger partial charge in [-0.1, -0.05) is 0 Å². The van der Waals surface area contributed by atoms with Gasteiger partial charge in [0.25, 0.3) is 5.91 Å². The highest BCUT2D eigenvalue weighted by atomic mass is 16.2. The number of likely N-dealkylation sites (tertiary alicyclic amines) is 1. The lowest BCUT2D eigenvalue weighted by Crippen LogP contribution is -2.62. The van der Waals surface area contributed by atoms with Gasteiger partial charge in [0.2, 0.25) is 0 Å². The van der Waals surface area contributed by atoms with Crippen LogP contribution in [0.25, 0.3) is 0 Å². The molecule has 0 aromatic heterocycles. The number of nitrogens with two attached hydrogens (primary N) is 1. The summed E-state index contributed by atoms with van der Waals surface area (Å²) in [6, 6.07) is 0.643. The number of piperidine rings is 2. The molecule has 0 radical (unpaired) electrons. The Morgan fingerprint density at radius 3 is 2.38 bits per heavy atom. The Balaban J connectivity index is 1.87. The number of nitrogens with one attached hydrogen (secondary N) is 1. The van der Waals surface area contributed by atoms with E-state index < -0.39 is 5.66 Å². The molecule has 5 nitrogen and oxygen atoms in total. The fraction of sp³-hybridized carbons (Fsp3) is 0.938. The molecule has 0 spiro atoms. The number of likely N-dealkylation sites (N-methyl/N-ethyl adjacent to an activating group) is 1. The van der Waals surface area contributed by atoms with Crippen molar-refractivity contribution in [3.8, 4) is 0 Å². The van der Waals surface area contributed by atoms with Gasteiger partial charge in [-0.2, -0.15) is 0 Å². The van der Waals surface area contributed by atoms with Crippen LogP contribution in [0.3, 0.4) is 0 Å². The molecular formula is C16H32N4O. The highest BCUT2D eigenvalue weighted by molar-refractivity contribution is 5.85. The molecule has 3 atom stereocenters. The molecule has 2 aliphatic rings. The van der Waals surface area contributed by atoms with Crippen LogP contribution in [0, 0.1) is 11.8 Å². The van der Waals surface area contributed by atoms with Gasteiger partial charge in [-0.3, -0.25) is 9.69 Å². The molecule has 2 fully saturated rings. The highest BCUT2D eigenvalue weighted by Crippen LogP contribution is 2.32. The number of nitrogens with zero attached hydrogens (tertiary/aromatic N) is 2. The molecular weight excluding hydrogens is 264 g/mol. The summed E-state index contributed by atoms with van der Waals surface area (Å²) in [5.41, 5.74) is 5.26. The van der Waals surface area contributed by atoms with Crippen LogP contribution in [-0.4, -0.2) is 61.1 Å². The molecule has 2 rings (SSSR count). The van der Waals surface area contributed by atoms with Gasteiger partial charge in [-0.05, 0) is 72.0 Å². The maximum absolute atomic E-state index is 12.5. The normalized spacial score (nSPS) is 31.2. The average molecular weight is 296 g/mol. The lowest BCUT2D eigenvalue weighted by molar-refractivity contribution is -0.143. The zero-order valence-electron chi connectivity index (χ0n) is 14.1. The average Bonchev–Trinajstić information content (AvgIpc) is 2.46. The largest absolute Gasteiger partial charge is 0.340 e. The van der Waals surface area contributed by atoms with E-state index in [4.69, 9.17) is 5.73 Å². The number of carbonyl (C=O) groups is 1. The van der Waals surface area contributed by atoms with Crippen molar-refractivity contribution in [1.82, 2.24) is 15.1 Å². The van der Waals surface area contributed by atoms with E-state index >= 15 is 0 Å². The molecule has 1 amide bonds. The van der Waals surface area contributed by atoms with Crippen LogP contribution >= 0.6 is 0 Å². The molecule has 3 N–H and O–H groups in total. The number of amides is 1. The highest BCUT2D eigenvalue weighted by Gasteiger charge is 2.37. The summed E-state index contributed by atoms with van der Waals surface area (Å²) in [4.78, 5) is 16.3. The predicted molar refractivity (Wildman–Crippen MR) is 85.8 cm³/mol. The van der Waals surface area contributed by atoms with E-state index in [1.54, 1.807) is 11.8 Å². The number of carbonyl (C=O) groups excluding carboxylic acids is 1. The first-order valence-corrected chi connectivity index (χ1v) is 8.31. The van der Waals surface area contributed by atoms with Crippen LogP contribution in [-0.2, 0) is 4.79 Å². The molecule has 0 aromatic carbocycles. The summed E-state index contributed by atoms with van der Waals surface area (Å²) in [5, 5.41) is 3.52. The van der Waals surface area contributed by atoms with Gasteiger partial charge >= 0.3 is 0 Å². The first-order valence-electron chi connectivity index (χ1n) is 8.31. The van der Waals surface area contributed by atoms with Crippen molar-refractivity contribution in [3.63, 3.8) is 0 Å². The summed E-state index contributed by atoms with van der Waals surface area (Å²) >= 11 is 0. The molecule has 2 saturated heterocycles. The van der Waals surface area contributed by atoms with E-state index in [2.05, 4.69) is 12.2 Å². The van der Waals surface area contributed by atoms with Gasteiger partial charge in [0.15, 0.2) is 0 Å². The van der Waals surface area contributed by atoms with Crippen molar-refractivity contribution < 1.29 is 4.79 Å². The van der Waals surface area contributed by atoms with Crippen molar-refractivity contribution in [2.75, 3.05) is 33.7 Å². The quantitative estimate of drug-likeness (QED) is 0.758. The van der Waals surface area contributed by atoms with Crippen LogP contribution in [0.15, 0.2) is 0 Å². The Labute approximate surface area is 129 Å². The summed E-state index contributed by atoms with van der Waals surface area (Å²) in [6.07, 6.45) is 4.83. The maximum atomic E-state index is 12.5. The minimum absolute atomic E-state index is 0.0598. The Morgan fingerprint density at radius 1 is 1.24 bits per heavy atom. The van der Waals surface area contributed by atoms with Crippen molar-refractivity contribution in [2.24, 2.45) is 17.6 Å². The van der Waals surface area contributed by atoms with Gasteiger partial charge in [0.1, 0.15) is 5.66 Å². The van der Waals surface area contributed by atoms with Gasteiger partial charge < -0.3 is 16.0 Å². The number of hydrogen-bond donors (Lipinski definition) is 2. The molecule has 0 bridgehead atoms. The third-order valence-electron chi connectivity index (χ3n) is 5.52. The van der Waals surface area contributed by atoms with E-state index in [1.165, 1.54) is 12.8 Å². The second kappa shape index (κ2) is 6.63. The molecule has 122 valence electrons. The molecule has 2 aliphatic heterocycles. The van der Waals surface area contributed by atoms with Crippen molar-refractivity contribution in [3.05, 3.63) is 0 Å². The Kier molecular flexibility index (Phi) is 5.28. The zero-order chi connectivity index (χ0) is 15.6. The van der Waals surface area contributed by atoms with E-state index in [1.807, 2.05) is 19.0 Å². The fourth-order valence-electron chi connectivity index (χ4n) is 3.68. The van der Waals surface area contributed by atoms with Crippen LogP contribution in [0.4, 0.5) is 0 Å². The molecule has 2 unspecified atom stereocenters. The summed E-state index contributed by atoms with van der Waals surface area (Å²) in [5.74, 6) is 1.67. The minimum Gasteiger partial charge on any atom is -0.340 e. The number of rotatable bonds is 3. The minimum atomic E-state index is -0.893. The molecule has 0 aliphatic carbocycles. The first-order chi connectivity index (χ1) is 9.82. The molecule has 0 aromatic rings. The van der Waals surface area contributed by atoms with Gasteiger partial charge in [-0.25, -0.2) is 0 Å². The molecule has 2 heterocycles. The molecule has 0 saturated carbocycles. The Morgan fingerprint density at radius 2 is 1.86 bits per heavy atom. The lowest BCUT2D eigenvalue weighted by Gasteiger charge is -2.42. The van der Waals surface area contributed by atoms with Crippen molar-refractivity contribution in [2.45, 2.75) is 51.2 Å². The van der Waals surface area contributed by atoms with Crippen LogP contribution < -0.4 is 11.1 Å². The van der Waals surface area contributed by atoms with Gasteiger partial charge in [-0.15, -0.1) is 0 Å². The second-order valence-corrected chi connectivity index (χ2v) is 7.31. The maximum Gasteiger partial charge on any atom is 0.257 e. The summed E-state index contributed by atoms with van der Waals surface area (Å²) in [7, 11) is 3.72. The summed E-state index contributed by atoms with van der Waals surface area (Å²) < 4.78 is 0. The topological polar surface area (TPSA) is 61.6 Å².